The molecule has 1 saturated heterocycles. The van der Waals surface area contributed by atoms with Crippen molar-refractivity contribution in [1.82, 2.24) is 10.2 Å². The molecule has 3 rings (SSSR count). The molecule has 4 atom stereocenters. The van der Waals surface area contributed by atoms with E-state index in [1.165, 1.54) is 12.6 Å². The van der Waals surface area contributed by atoms with Crippen LogP contribution < -0.4 is 10.2 Å². The first-order valence-corrected chi connectivity index (χ1v) is 8.73. The fourth-order valence-corrected chi connectivity index (χ4v) is 3.95. The standard InChI is InChI=1S/C18H27N3O3/c1-13(22)19-15-7-8-16(23)17(18(15)24)21-11-9-20(10-12-21)14-5-3-2-4-6-14/h2-6,15-18,23-24H,7-12H2,1H3,(H,19,22)/t15-,16+,17-,18-/m1/s1. The zero-order chi connectivity index (χ0) is 17.1. The highest BCUT2D eigenvalue weighted by molar-refractivity contribution is 5.73. The van der Waals surface area contributed by atoms with E-state index < -0.39 is 12.2 Å². The average Bonchev–Trinajstić information content (AvgIpc) is 2.59. The quantitative estimate of drug-likeness (QED) is 0.737. The smallest absolute Gasteiger partial charge is 0.217 e. The highest BCUT2D eigenvalue weighted by atomic mass is 16.3. The summed E-state index contributed by atoms with van der Waals surface area (Å²) in [5, 5.41) is 23.9. The van der Waals surface area contributed by atoms with Crippen molar-refractivity contribution in [3.05, 3.63) is 30.3 Å². The van der Waals surface area contributed by atoms with Gasteiger partial charge in [0.2, 0.25) is 5.91 Å². The molecule has 1 aliphatic carbocycles. The predicted octanol–water partition coefficient (Wildman–Crippen LogP) is 0.198. The summed E-state index contributed by atoms with van der Waals surface area (Å²) in [6, 6.07) is 9.70. The van der Waals surface area contributed by atoms with Gasteiger partial charge in [-0.3, -0.25) is 9.69 Å². The first kappa shape index (κ1) is 17.2. The maximum absolute atomic E-state index is 11.3. The second-order valence-corrected chi connectivity index (χ2v) is 6.79. The van der Waals surface area contributed by atoms with Gasteiger partial charge in [0.1, 0.15) is 0 Å². The molecule has 2 fully saturated rings. The lowest BCUT2D eigenvalue weighted by atomic mass is 9.84. The fourth-order valence-electron chi connectivity index (χ4n) is 3.95. The number of aliphatic hydroxyl groups excluding tert-OH is 2. The zero-order valence-electron chi connectivity index (χ0n) is 14.1. The molecule has 132 valence electrons. The van der Waals surface area contributed by atoms with Gasteiger partial charge in [-0.15, -0.1) is 0 Å². The van der Waals surface area contributed by atoms with Crippen molar-refractivity contribution in [2.24, 2.45) is 0 Å². The van der Waals surface area contributed by atoms with Crippen molar-refractivity contribution in [1.29, 1.82) is 0 Å². The predicted molar refractivity (Wildman–Crippen MR) is 92.9 cm³/mol. The van der Waals surface area contributed by atoms with E-state index in [1.807, 2.05) is 18.2 Å². The summed E-state index contributed by atoms with van der Waals surface area (Å²) < 4.78 is 0. The van der Waals surface area contributed by atoms with Crippen molar-refractivity contribution >= 4 is 11.6 Å². The SMILES string of the molecule is CC(=O)N[C@@H]1CC[C@H](O)[C@@H](N2CCN(c3ccccc3)CC2)[C@@H]1O. The van der Waals surface area contributed by atoms with Crippen LogP contribution in [0.25, 0.3) is 0 Å². The van der Waals surface area contributed by atoms with Crippen LogP contribution in [0.4, 0.5) is 5.69 Å². The van der Waals surface area contributed by atoms with Crippen LogP contribution >= 0.6 is 0 Å². The van der Waals surface area contributed by atoms with Crippen molar-refractivity contribution in [3.63, 3.8) is 0 Å². The molecule has 1 aromatic carbocycles. The minimum Gasteiger partial charge on any atom is -0.391 e. The van der Waals surface area contributed by atoms with Gasteiger partial charge in [-0.1, -0.05) is 18.2 Å². The Morgan fingerprint density at radius 1 is 1.08 bits per heavy atom. The zero-order valence-corrected chi connectivity index (χ0v) is 14.1. The molecule has 6 heteroatoms. The molecule has 0 radical (unpaired) electrons. The van der Waals surface area contributed by atoms with Crippen LogP contribution in [0.3, 0.4) is 0 Å². The second-order valence-electron chi connectivity index (χ2n) is 6.79. The molecular formula is C18H27N3O3. The number of nitrogens with zero attached hydrogens (tertiary/aromatic N) is 2. The summed E-state index contributed by atoms with van der Waals surface area (Å²) in [7, 11) is 0. The Hall–Kier alpha value is -1.63. The number of anilines is 1. The maximum atomic E-state index is 11.3. The third kappa shape index (κ3) is 3.71. The molecule has 6 nitrogen and oxygen atoms in total. The number of rotatable bonds is 3. The van der Waals surface area contributed by atoms with Gasteiger partial charge in [-0.25, -0.2) is 0 Å². The summed E-state index contributed by atoms with van der Waals surface area (Å²) in [4.78, 5) is 15.8. The van der Waals surface area contributed by atoms with Crippen LogP contribution in [-0.4, -0.2) is 71.5 Å². The van der Waals surface area contributed by atoms with E-state index in [0.29, 0.717) is 12.8 Å². The normalized spacial score (nSPS) is 31.7. The number of hydrogen-bond donors (Lipinski definition) is 3. The molecule has 0 unspecified atom stereocenters. The van der Waals surface area contributed by atoms with Crippen LogP contribution in [0.2, 0.25) is 0 Å². The highest BCUT2D eigenvalue weighted by Gasteiger charge is 2.42. The highest BCUT2D eigenvalue weighted by Crippen LogP contribution is 2.26. The van der Waals surface area contributed by atoms with E-state index in [0.717, 1.165) is 26.2 Å². The molecule has 3 N–H and O–H groups in total. The van der Waals surface area contributed by atoms with Crippen LogP contribution in [0.15, 0.2) is 30.3 Å². The van der Waals surface area contributed by atoms with Crippen LogP contribution in [0.5, 0.6) is 0 Å². The topological polar surface area (TPSA) is 76.0 Å². The maximum Gasteiger partial charge on any atom is 0.217 e. The molecule has 24 heavy (non-hydrogen) atoms. The Kier molecular flexibility index (Phi) is 5.38. The lowest BCUT2D eigenvalue weighted by molar-refractivity contribution is -0.123. The lowest BCUT2D eigenvalue weighted by Crippen LogP contribution is -2.64. The summed E-state index contributed by atoms with van der Waals surface area (Å²) in [5.41, 5.74) is 1.21. The van der Waals surface area contributed by atoms with E-state index in [9.17, 15) is 15.0 Å². The molecule has 0 aromatic heterocycles. The minimum atomic E-state index is -0.735. The van der Waals surface area contributed by atoms with Gasteiger partial charge < -0.3 is 20.4 Å². The number of amides is 1. The van der Waals surface area contributed by atoms with Crippen molar-refractivity contribution < 1.29 is 15.0 Å². The summed E-state index contributed by atoms with van der Waals surface area (Å²) >= 11 is 0. The first-order chi connectivity index (χ1) is 11.6. The Bertz CT molecular complexity index is 546. The minimum absolute atomic E-state index is 0.136. The molecule has 1 aromatic rings. The van der Waals surface area contributed by atoms with Gasteiger partial charge in [0, 0.05) is 38.8 Å². The van der Waals surface area contributed by atoms with Gasteiger partial charge in [0.05, 0.1) is 24.3 Å². The van der Waals surface area contributed by atoms with Crippen LogP contribution in [0, 0.1) is 0 Å². The monoisotopic (exact) mass is 333 g/mol. The van der Waals surface area contributed by atoms with Gasteiger partial charge in [0.15, 0.2) is 0 Å². The first-order valence-electron chi connectivity index (χ1n) is 8.73. The van der Waals surface area contributed by atoms with E-state index >= 15 is 0 Å². The fraction of sp³-hybridized carbons (Fsp3) is 0.611. The molecular weight excluding hydrogens is 306 g/mol. The number of para-hydroxylation sites is 1. The number of hydrogen-bond acceptors (Lipinski definition) is 5. The van der Waals surface area contributed by atoms with E-state index in [4.69, 9.17) is 0 Å². The van der Waals surface area contributed by atoms with Gasteiger partial charge in [-0.2, -0.15) is 0 Å². The molecule has 1 heterocycles. The molecule has 0 bridgehead atoms. The van der Waals surface area contributed by atoms with Gasteiger partial charge in [0.25, 0.3) is 0 Å². The number of carbonyl (C=O) groups is 1. The van der Waals surface area contributed by atoms with E-state index in [1.54, 1.807) is 0 Å². The average molecular weight is 333 g/mol. The van der Waals surface area contributed by atoms with Gasteiger partial charge in [-0.05, 0) is 25.0 Å². The number of aliphatic hydroxyl groups is 2. The van der Waals surface area contributed by atoms with Crippen molar-refractivity contribution in [2.75, 3.05) is 31.1 Å². The Morgan fingerprint density at radius 3 is 2.38 bits per heavy atom. The van der Waals surface area contributed by atoms with Crippen LogP contribution in [-0.2, 0) is 4.79 Å². The number of carbonyl (C=O) groups excluding carboxylic acids is 1. The molecule has 0 spiro atoms. The Morgan fingerprint density at radius 2 is 1.75 bits per heavy atom. The molecule has 2 aliphatic rings. The third-order valence-electron chi connectivity index (χ3n) is 5.18. The van der Waals surface area contributed by atoms with Crippen LogP contribution in [0.1, 0.15) is 19.8 Å². The van der Waals surface area contributed by atoms with Gasteiger partial charge >= 0.3 is 0 Å². The van der Waals surface area contributed by atoms with E-state index in [2.05, 4.69) is 27.2 Å². The number of nitrogens with one attached hydrogen (secondary N) is 1. The Balaban J connectivity index is 1.62. The number of piperazine rings is 1. The van der Waals surface area contributed by atoms with Crippen molar-refractivity contribution in [3.8, 4) is 0 Å². The largest absolute Gasteiger partial charge is 0.391 e. The third-order valence-corrected chi connectivity index (χ3v) is 5.18. The van der Waals surface area contributed by atoms with Crippen molar-refractivity contribution in [2.45, 2.75) is 44.1 Å². The number of benzene rings is 1. The summed E-state index contributed by atoms with van der Waals surface area (Å²) in [5.74, 6) is -0.136. The molecule has 1 amide bonds. The van der Waals surface area contributed by atoms with E-state index in [-0.39, 0.29) is 18.0 Å². The summed E-state index contributed by atoms with van der Waals surface area (Å²) in [6.45, 7) is 4.78. The summed E-state index contributed by atoms with van der Waals surface area (Å²) in [6.07, 6.45) is -0.0669. The molecule has 1 saturated carbocycles. The molecule has 1 aliphatic heterocycles. The second kappa shape index (κ2) is 7.51. The lowest BCUT2D eigenvalue weighted by Gasteiger charge is -2.47. The Labute approximate surface area is 143 Å².